The first kappa shape index (κ1) is 24.0. The molecule has 1 heterocycles. The molecule has 180 valence electrons. The lowest BCUT2D eigenvalue weighted by molar-refractivity contribution is 0.0992. The van der Waals surface area contributed by atoms with E-state index in [2.05, 4.69) is 22.3 Å². The zero-order chi connectivity index (χ0) is 24.6. The largest absolute Gasteiger partial charge is 0.493 e. The molecule has 4 aromatic rings. The summed E-state index contributed by atoms with van der Waals surface area (Å²) in [6, 6.07) is 25.0. The number of carbonyl (C=O) groups is 1. The van der Waals surface area contributed by atoms with Gasteiger partial charge >= 0.3 is 0 Å². The number of amides is 1. The van der Waals surface area contributed by atoms with Crippen LogP contribution < -0.4 is 14.8 Å². The minimum Gasteiger partial charge on any atom is -0.493 e. The van der Waals surface area contributed by atoms with Crippen LogP contribution in [0.15, 0.2) is 89.3 Å². The Labute approximate surface area is 203 Å². The molecule has 0 unspecified atom stereocenters. The van der Waals surface area contributed by atoms with Crippen LogP contribution in [0.25, 0.3) is 0 Å². The highest BCUT2D eigenvalue weighted by molar-refractivity contribution is 6.02. The third-order valence-electron chi connectivity index (χ3n) is 5.47. The van der Waals surface area contributed by atoms with Gasteiger partial charge in [0.25, 0.3) is 5.91 Å². The molecule has 3 aromatic carbocycles. The summed E-state index contributed by atoms with van der Waals surface area (Å²) in [5.74, 6) is 1.44. The van der Waals surface area contributed by atoms with Crippen molar-refractivity contribution in [3.63, 3.8) is 0 Å². The minimum atomic E-state index is -0.391. The van der Waals surface area contributed by atoms with E-state index in [0.29, 0.717) is 42.6 Å². The Morgan fingerprint density at radius 1 is 0.829 bits per heavy atom. The molecule has 1 N–H and O–H groups in total. The Morgan fingerprint density at radius 2 is 1.54 bits per heavy atom. The Morgan fingerprint density at radius 3 is 2.26 bits per heavy atom. The number of carbonyl (C=O) groups excluding carboxylic acids is 1. The highest BCUT2D eigenvalue weighted by Gasteiger charge is 2.16. The predicted octanol–water partition coefficient (Wildman–Crippen LogP) is 5.89. The predicted molar refractivity (Wildman–Crippen MR) is 132 cm³/mol. The highest BCUT2D eigenvalue weighted by Crippen LogP contribution is 2.28. The van der Waals surface area contributed by atoms with E-state index in [9.17, 15) is 9.18 Å². The summed E-state index contributed by atoms with van der Waals surface area (Å²) in [5, 5.41) is 2.72. The van der Waals surface area contributed by atoms with Crippen molar-refractivity contribution in [1.29, 1.82) is 0 Å². The van der Waals surface area contributed by atoms with Crippen LogP contribution in [0.3, 0.4) is 0 Å². The van der Waals surface area contributed by atoms with Crippen LogP contribution in [-0.2, 0) is 19.6 Å². The summed E-state index contributed by atoms with van der Waals surface area (Å²) in [4.78, 5) is 14.8. The molecule has 1 aromatic heterocycles. The van der Waals surface area contributed by atoms with Crippen molar-refractivity contribution in [1.82, 2.24) is 4.90 Å². The first-order chi connectivity index (χ1) is 17.0. The van der Waals surface area contributed by atoms with Crippen molar-refractivity contribution < 1.29 is 23.1 Å². The number of hydrogen-bond donors (Lipinski definition) is 1. The molecule has 0 aliphatic carbocycles. The van der Waals surface area contributed by atoms with Crippen LogP contribution in [0.5, 0.6) is 11.5 Å². The summed E-state index contributed by atoms with van der Waals surface area (Å²) < 4.78 is 29.8. The number of nitrogens with zero attached hydrogens (tertiary/aromatic N) is 1. The summed E-state index contributed by atoms with van der Waals surface area (Å²) in [6.45, 7) is 1.81. The Balaban J connectivity index is 1.49. The lowest BCUT2D eigenvalue weighted by Crippen LogP contribution is -2.22. The number of halogens is 1. The molecule has 4 rings (SSSR count). The molecule has 0 bridgehead atoms. The van der Waals surface area contributed by atoms with Gasteiger partial charge in [0.15, 0.2) is 17.3 Å². The number of hydrogen-bond acceptors (Lipinski definition) is 5. The molecule has 35 heavy (non-hydrogen) atoms. The van der Waals surface area contributed by atoms with E-state index in [4.69, 9.17) is 13.9 Å². The summed E-state index contributed by atoms with van der Waals surface area (Å²) in [6.07, 6.45) is 0. The van der Waals surface area contributed by atoms with Gasteiger partial charge in [-0.05, 0) is 59.7 Å². The van der Waals surface area contributed by atoms with Gasteiger partial charge in [0, 0.05) is 18.8 Å². The lowest BCUT2D eigenvalue weighted by Gasteiger charge is -2.22. The molecule has 0 spiro atoms. The summed E-state index contributed by atoms with van der Waals surface area (Å²) in [7, 11) is 3.23. The molecule has 0 fully saturated rings. The zero-order valence-electron chi connectivity index (χ0n) is 19.7. The second kappa shape index (κ2) is 11.4. The molecule has 0 aliphatic heterocycles. The number of ether oxygens (including phenoxy) is 2. The molecule has 0 radical (unpaired) electrons. The molecule has 0 atom stereocenters. The van der Waals surface area contributed by atoms with Crippen molar-refractivity contribution >= 4 is 11.6 Å². The standard InChI is InChI=1S/C28H27FN2O4/c1-33-25-14-8-21(16-27(25)34-2)18-31(17-20-6-4-3-5-7-20)19-24-13-15-26(35-24)28(32)30-23-11-9-22(29)10-12-23/h3-16H,17-19H2,1-2H3,(H,30,32). The summed E-state index contributed by atoms with van der Waals surface area (Å²) >= 11 is 0. The van der Waals surface area contributed by atoms with Gasteiger partial charge in [0.05, 0.1) is 20.8 Å². The summed E-state index contributed by atoms with van der Waals surface area (Å²) in [5.41, 5.74) is 2.71. The third kappa shape index (κ3) is 6.49. The average molecular weight is 475 g/mol. The maximum atomic E-state index is 13.1. The maximum absolute atomic E-state index is 13.1. The van der Waals surface area contributed by atoms with Crippen LogP contribution in [0.1, 0.15) is 27.4 Å². The maximum Gasteiger partial charge on any atom is 0.291 e. The van der Waals surface area contributed by atoms with Gasteiger partial charge in [-0.3, -0.25) is 9.69 Å². The molecule has 7 heteroatoms. The van der Waals surface area contributed by atoms with Gasteiger partial charge in [-0.15, -0.1) is 0 Å². The fraction of sp³-hybridized carbons (Fsp3) is 0.179. The highest BCUT2D eigenvalue weighted by atomic mass is 19.1. The number of furan rings is 1. The Kier molecular flexibility index (Phi) is 7.80. The van der Waals surface area contributed by atoms with Crippen LogP contribution in [0.4, 0.5) is 10.1 Å². The number of methoxy groups -OCH3 is 2. The Hall–Kier alpha value is -4.10. The molecular formula is C28H27FN2O4. The zero-order valence-corrected chi connectivity index (χ0v) is 19.7. The second-order valence-electron chi connectivity index (χ2n) is 8.05. The van der Waals surface area contributed by atoms with Crippen molar-refractivity contribution in [3.8, 4) is 11.5 Å². The lowest BCUT2D eigenvalue weighted by atomic mass is 10.1. The monoisotopic (exact) mass is 474 g/mol. The van der Waals surface area contributed by atoms with Gasteiger partial charge in [0.1, 0.15) is 11.6 Å². The molecule has 0 aliphatic rings. The topological polar surface area (TPSA) is 63.9 Å². The smallest absolute Gasteiger partial charge is 0.291 e. The van der Waals surface area contributed by atoms with Crippen LogP contribution in [-0.4, -0.2) is 25.0 Å². The van der Waals surface area contributed by atoms with E-state index in [-0.39, 0.29) is 11.6 Å². The number of benzene rings is 3. The third-order valence-corrected chi connectivity index (χ3v) is 5.47. The van der Waals surface area contributed by atoms with Crippen molar-refractivity contribution in [2.24, 2.45) is 0 Å². The molecular weight excluding hydrogens is 447 g/mol. The quantitative estimate of drug-likeness (QED) is 0.311. The fourth-order valence-electron chi connectivity index (χ4n) is 3.78. The SMILES string of the molecule is COc1ccc(CN(Cc2ccccc2)Cc2ccc(C(=O)Nc3ccc(F)cc3)o2)cc1OC. The number of nitrogens with one attached hydrogen (secondary N) is 1. The van der Waals surface area contributed by atoms with E-state index in [0.717, 1.165) is 11.1 Å². The van der Waals surface area contributed by atoms with Crippen LogP contribution >= 0.6 is 0 Å². The van der Waals surface area contributed by atoms with Gasteiger partial charge in [0.2, 0.25) is 0 Å². The second-order valence-corrected chi connectivity index (χ2v) is 8.05. The number of rotatable bonds is 10. The van der Waals surface area contributed by atoms with Crippen molar-refractivity contribution in [2.45, 2.75) is 19.6 Å². The normalized spacial score (nSPS) is 10.9. The fourth-order valence-corrected chi connectivity index (χ4v) is 3.78. The number of anilines is 1. The van der Waals surface area contributed by atoms with E-state index in [1.165, 1.54) is 24.3 Å². The molecule has 0 saturated heterocycles. The Bertz CT molecular complexity index is 1260. The molecule has 0 saturated carbocycles. The average Bonchev–Trinajstić information content (AvgIpc) is 3.34. The van der Waals surface area contributed by atoms with Crippen LogP contribution in [0.2, 0.25) is 0 Å². The first-order valence-electron chi connectivity index (χ1n) is 11.2. The van der Waals surface area contributed by atoms with Gasteiger partial charge in [-0.1, -0.05) is 36.4 Å². The first-order valence-corrected chi connectivity index (χ1v) is 11.2. The molecule has 1 amide bonds. The molecule has 6 nitrogen and oxygen atoms in total. The van der Waals surface area contributed by atoms with Crippen LogP contribution in [0, 0.1) is 5.82 Å². The van der Waals surface area contributed by atoms with E-state index in [1.807, 2.05) is 36.4 Å². The van der Waals surface area contributed by atoms with E-state index >= 15 is 0 Å². The van der Waals surface area contributed by atoms with Gasteiger partial charge in [-0.2, -0.15) is 0 Å². The van der Waals surface area contributed by atoms with Crippen molar-refractivity contribution in [3.05, 3.63) is 113 Å². The van der Waals surface area contributed by atoms with E-state index < -0.39 is 5.91 Å². The van der Waals surface area contributed by atoms with E-state index in [1.54, 1.807) is 26.4 Å². The van der Waals surface area contributed by atoms with Gasteiger partial charge in [-0.25, -0.2) is 4.39 Å². The minimum absolute atomic E-state index is 0.190. The van der Waals surface area contributed by atoms with Gasteiger partial charge < -0.3 is 19.2 Å². The van der Waals surface area contributed by atoms with Crippen molar-refractivity contribution in [2.75, 3.05) is 19.5 Å².